The third-order valence-corrected chi connectivity index (χ3v) is 3.61. The molecule has 136 valence electrons. The van der Waals surface area contributed by atoms with Crippen LogP contribution in [0.2, 0.25) is 0 Å². The van der Waals surface area contributed by atoms with Gasteiger partial charge in [-0.2, -0.15) is 4.98 Å². The van der Waals surface area contributed by atoms with Gasteiger partial charge in [-0.15, -0.1) is 13.2 Å². The molecule has 0 aromatic carbocycles. The minimum atomic E-state index is -4.83. The van der Waals surface area contributed by atoms with Crippen LogP contribution in [0.15, 0.2) is 18.2 Å². The van der Waals surface area contributed by atoms with Crippen LogP contribution in [-0.2, 0) is 4.74 Å². The Morgan fingerprint density at radius 1 is 1.33 bits per heavy atom. The van der Waals surface area contributed by atoms with Crippen LogP contribution in [0.5, 0.6) is 5.88 Å². The molecule has 0 saturated carbocycles. The number of halogens is 3. The predicted octanol–water partition coefficient (Wildman–Crippen LogP) is 1.93. The van der Waals surface area contributed by atoms with Crippen molar-refractivity contribution in [2.75, 3.05) is 11.9 Å². The van der Waals surface area contributed by atoms with Crippen LogP contribution in [0.4, 0.5) is 19.0 Å². The lowest BCUT2D eigenvalue weighted by Crippen LogP contribution is -2.56. The van der Waals surface area contributed by atoms with Crippen LogP contribution in [0.3, 0.4) is 0 Å². The number of alkyl halides is 3. The Kier molecular flexibility index (Phi) is 5.89. The molecule has 6 nitrogen and oxygen atoms in total. The second-order valence-corrected chi connectivity index (χ2v) is 6.14. The van der Waals surface area contributed by atoms with Crippen LogP contribution in [0, 0.1) is 5.92 Å². The largest absolute Gasteiger partial charge is 0.574 e. The monoisotopic (exact) mass is 350 g/mol. The van der Waals surface area contributed by atoms with Gasteiger partial charge in [0.25, 0.3) is 0 Å². The number of aliphatic hydroxyl groups is 2. The Bertz CT molecular complexity index is 542. The zero-order chi connectivity index (χ0) is 17.9. The van der Waals surface area contributed by atoms with Crippen LogP contribution in [-0.4, -0.2) is 52.5 Å². The highest BCUT2D eigenvalue weighted by Gasteiger charge is 2.38. The van der Waals surface area contributed by atoms with E-state index in [2.05, 4.69) is 15.0 Å². The third-order valence-electron chi connectivity index (χ3n) is 3.61. The van der Waals surface area contributed by atoms with E-state index in [-0.39, 0.29) is 12.4 Å². The Balaban J connectivity index is 2.00. The first kappa shape index (κ1) is 18.8. The maximum Gasteiger partial charge on any atom is 0.574 e. The van der Waals surface area contributed by atoms with Gasteiger partial charge < -0.3 is 25.0 Å². The van der Waals surface area contributed by atoms with Crippen molar-refractivity contribution < 1.29 is 32.9 Å². The van der Waals surface area contributed by atoms with E-state index in [9.17, 15) is 23.4 Å². The molecular weight excluding hydrogens is 329 g/mol. The fourth-order valence-electron chi connectivity index (χ4n) is 2.54. The molecule has 0 spiro atoms. The zero-order valence-corrected chi connectivity index (χ0v) is 13.3. The van der Waals surface area contributed by atoms with Gasteiger partial charge in [-0.1, -0.05) is 19.9 Å². The summed E-state index contributed by atoms with van der Waals surface area (Å²) in [7, 11) is 0. The Morgan fingerprint density at radius 2 is 2.04 bits per heavy atom. The smallest absolute Gasteiger partial charge is 0.388 e. The van der Waals surface area contributed by atoms with Gasteiger partial charge in [0.1, 0.15) is 18.0 Å². The fraction of sp³-hybridized carbons (Fsp3) is 0.667. The lowest BCUT2D eigenvalue weighted by molar-refractivity contribution is -0.276. The Morgan fingerprint density at radius 3 is 2.67 bits per heavy atom. The number of pyridine rings is 1. The first-order valence-electron chi connectivity index (χ1n) is 7.63. The molecule has 2 heterocycles. The summed E-state index contributed by atoms with van der Waals surface area (Å²) in [6.07, 6.45) is -6.94. The van der Waals surface area contributed by atoms with Gasteiger partial charge in [0.2, 0.25) is 5.88 Å². The summed E-state index contributed by atoms with van der Waals surface area (Å²) in [5, 5.41) is 23.1. The molecule has 0 radical (unpaired) electrons. The summed E-state index contributed by atoms with van der Waals surface area (Å²) in [6.45, 7) is 4.05. The minimum absolute atomic E-state index is 0.0823. The maximum atomic E-state index is 12.2. The molecule has 1 fully saturated rings. The van der Waals surface area contributed by atoms with Crippen molar-refractivity contribution in [2.24, 2.45) is 5.92 Å². The van der Waals surface area contributed by atoms with Gasteiger partial charge in [-0.3, -0.25) is 0 Å². The van der Waals surface area contributed by atoms with Crippen LogP contribution < -0.4 is 10.1 Å². The van der Waals surface area contributed by atoms with Crippen molar-refractivity contribution in [3.05, 3.63) is 18.2 Å². The molecule has 4 atom stereocenters. The fourth-order valence-corrected chi connectivity index (χ4v) is 2.54. The molecule has 3 N–H and O–H groups in total. The van der Waals surface area contributed by atoms with E-state index >= 15 is 0 Å². The number of anilines is 1. The van der Waals surface area contributed by atoms with Crippen LogP contribution in [0.25, 0.3) is 0 Å². The molecule has 0 aliphatic carbocycles. The summed E-state index contributed by atoms with van der Waals surface area (Å²) in [5.74, 6) is -0.241. The van der Waals surface area contributed by atoms with Gasteiger partial charge in [0, 0.05) is 6.07 Å². The molecular formula is C15H21F3N2O4. The van der Waals surface area contributed by atoms with E-state index in [0.717, 1.165) is 6.07 Å². The predicted molar refractivity (Wildman–Crippen MR) is 79.5 cm³/mol. The molecule has 0 bridgehead atoms. The number of ether oxygens (including phenoxy) is 2. The van der Waals surface area contributed by atoms with Crippen molar-refractivity contribution in [2.45, 2.75) is 51.0 Å². The second kappa shape index (κ2) is 7.54. The lowest BCUT2D eigenvalue weighted by atomic mass is 9.92. The van der Waals surface area contributed by atoms with Gasteiger partial charge in [-0.25, -0.2) is 0 Å². The number of nitrogens with zero attached hydrogens (tertiary/aromatic N) is 1. The van der Waals surface area contributed by atoms with E-state index in [1.807, 2.05) is 13.8 Å². The minimum Gasteiger partial charge on any atom is -0.388 e. The van der Waals surface area contributed by atoms with Crippen molar-refractivity contribution in [3.63, 3.8) is 0 Å². The van der Waals surface area contributed by atoms with E-state index in [4.69, 9.17) is 4.74 Å². The highest BCUT2D eigenvalue weighted by Crippen LogP contribution is 2.25. The maximum absolute atomic E-state index is 12.2. The average Bonchev–Trinajstić information content (AvgIpc) is 2.45. The molecule has 1 saturated heterocycles. The summed E-state index contributed by atoms with van der Waals surface area (Å²) in [6, 6.07) is 3.14. The first-order chi connectivity index (χ1) is 11.2. The highest BCUT2D eigenvalue weighted by molar-refractivity contribution is 5.38. The SMILES string of the molecule is CC(C)C[C@H]1OC[C@H](Nc2cccc(OC(F)(F)F)n2)[C@@H](O)[C@H]1O. The Labute approximate surface area is 137 Å². The number of nitrogens with one attached hydrogen (secondary N) is 1. The number of hydrogen-bond donors (Lipinski definition) is 3. The standard InChI is InChI=1S/C15H21F3N2O4/c1-8(2)6-10-14(22)13(21)9(7-23-10)19-11-4-3-5-12(20-11)24-15(16,17)18/h3-5,8-10,13-14,21-22H,6-7H2,1-2H3,(H,19,20)/t9-,10+,13+,14-/m0/s1. The Hall–Kier alpha value is -1.58. The van der Waals surface area contributed by atoms with Crippen molar-refractivity contribution in [1.29, 1.82) is 0 Å². The van der Waals surface area contributed by atoms with Crippen LogP contribution in [0.1, 0.15) is 20.3 Å². The van der Waals surface area contributed by atoms with E-state index in [1.165, 1.54) is 12.1 Å². The highest BCUT2D eigenvalue weighted by atomic mass is 19.4. The van der Waals surface area contributed by atoms with Crippen LogP contribution >= 0.6 is 0 Å². The van der Waals surface area contributed by atoms with E-state index < -0.39 is 36.6 Å². The molecule has 0 unspecified atom stereocenters. The number of aliphatic hydroxyl groups excluding tert-OH is 2. The summed E-state index contributed by atoms with van der Waals surface area (Å²) in [5.41, 5.74) is 0. The first-order valence-corrected chi connectivity index (χ1v) is 7.63. The number of aromatic nitrogens is 1. The molecule has 1 aliphatic heterocycles. The molecule has 0 amide bonds. The quantitative estimate of drug-likeness (QED) is 0.753. The molecule has 24 heavy (non-hydrogen) atoms. The van der Waals surface area contributed by atoms with Crippen molar-refractivity contribution in [1.82, 2.24) is 4.98 Å². The molecule has 2 rings (SSSR count). The van der Waals surface area contributed by atoms with Gasteiger partial charge >= 0.3 is 6.36 Å². The molecule has 1 aliphatic rings. The third kappa shape index (κ3) is 5.22. The second-order valence-electron chi connectivity index (χ2n) is 6.14. The van der Waals surface area contributed by atoms with Gasteiger partial charge in [0.15, 0.2) is 0 Å². The van der Waals surface area contributed by atoms with Gasteiger partial charge in [0.05, 0.1) is 18.8 Å². The topological polar surface area (TPSA) is 83.8 Å². The zero-order valence-electron chi connectivity index (χ0n) is 13.3. The number of hydrogen-bond acceptors (Lipinski definition) is 6. The summed E-state index contributed by atoms with van der Waals surface area (Å²) in [4.78, 5) is 3.68. The lowest BCUT2D eigenvalue weighted by Gasteiger charge is -2.38. The average molecular weight is 350 g/mol. The molecule has 1 aromatic rings. The normalized spacial score (nSPS) is 28.0. The van der Waals surface area contributed by atoms with E-state index in [0.29, 0.717) is 12.3 Å². The summed E-state index contributed by atoms with van der Waals surface area (Å²) >= 11 is 0. The van der Waals surface area contributed by atoms with E-state index in [1.54, 1.807) is 0 Å². The number of rotatable bonds is 5. The van der Waals surface area contributed by atoms with Crippen molar-refractivity contribution in [3.8, 4) is 5.88 Å². The molecule has 9 heteroatoms. The molecule has 1 aromatic heterocycles. The summed E-state index contributed by atoms with van der Waals surface area (Å²) < 4.78 is 46.0. The van der Waals surface area contributed by atoms with Crippen molar-refractivity contribution >= 4 is 5.82 Å². The van der Waals surface area contributed by atoms with Gasteiger partial charge in [-0.05, 0) is 18.4 Å².